The van der Waals surface area contributed by atoms with E-state index in [-0.39, 0.29) is 0 Å². The van der Waals surface area contributed by atoms with E-state index in [9.17, 15) is 4.79 Å². The van der Waals surface area contributed by atoms with Crippen molar-refractivity contribution < 1.29 is 4.79 Å². The Bertz CT molecular complexity index is 656. The maximum absolute atomic E-state index is 11.4. The molecule has 0 spiro atoms. The smallest absolute Gasteiger partial charge is 0.250 e. The minimum atomic E-state index is -0.402. The van der Waals surface area contributed by atoms with Gasteiger partial charge in [-0.25, -0.2) is 0 Å². The molecular weight excluding hydrogens is 264 g/mol. The first-order valence-electron chi connectivity index (χ1n) is 7.21. The number of hydrogen-bond donors (Lipinski definition) is 4. The number of carbonyl (C=O) groups excluding carboxylic acids is 1. The van der Waals surface area contributed by atoms with Crippen LogP contribution >= 0.6 is 0 Å². The van der Waals surface area contributed by atoms with Gasteiger partial charge in [-0.2, -0.15) is 0 Å². The highest BCUT2D eigenvalue weighted by Gasteiger charge is 2.17. The first-order chi connectivity index (χ1) is 10.1. The van der Waals surface area contributed by atoms with Gasteiger partial charge in [0, 0.05) is 35.2 Å². The van der Waals surface area contributed by atoms with E-state index in [1.807, 2.05) is 31.2 Å². The highest BCUT2D eigenvalue weighted by molar-refractivity contribution is 5.96. The highest BCUT2D eigenvalue weighted by Crippen LogP contribution is 2.29. The molecule has 1 atom stereocenters. The number of anilines is 1. The summed E-state index contributed by atoms with van der Waals surface area (Å²) in [6, 6.07) is 10.4. The molecule has 0 saturated carbocycles. The predicted octanol–water partition coefficient (Wildman–Crippen LogP) is 1.86. The molecule has 1 amide bonds. The van der Waals surface area contributed by atoms with E-state index in [1.165, 1.54) is 0 Å². The molecule has 5 nitrogen and oxygen atoms in total. The van der Waals surface area contributed by atoms with Crippen LogP contribution in [0.1, 0.15) is 22.5 Å². The van der Waals surface area contributed by atoms with Crippen molar-refractivity contribution in [2.75, 3.05) is 18.4 Å². The van der Waals surface area contributed by atoms with Crippen molar-refractivity contribution in [3.63, 3.8) is 0 Å². The summed E-state index contributed by atoms with van der Waals surface area (Å²) in [4.78, 5) is 14.7. The van der Waals surface area contributed by atoms with E-state index in [0.29, 0.717) is 11.6 Å². The molecule has 1 unspecified atom stereocenters. The average molecular weight is 284 g/mol. The second-order valence-corrected chi connectivity index (χ2v) is 5.47. The van der Waals surface area contributed by atoms with E-state index in [0.717, 1.165) is 42.1 Å². The summed E-state index contributed by atoms with van der Waals surface area (Å²) in [6.07, 6.45) is 1.12. The number of hydrogen-bond acceptors (Lipinski definition) is 3. The van der Waals surface area contributed by atoms with Crippen molar-refractivity contribution in [2.24, 2.45) is 5.73 Å². The number of amides is 1. The minimum absolute atomic E-state index is 0.402. The zero-order valence-corrected chi connectivity index (χ0v) is 12.1. The third-order valence-corrected chi connectivity index (χ3v) is 3.92. The number of aryl methyl sites for hydroxylation is 1. The lowest BCUT2D eigenvalue weighted by molar-refractivity contribution is 0.1000. The van der Waals surface area contributed by atoms with E-state index in [1.54, 1.807) is 0 Å². The Labute approximate surface area is 123 Å². The summed E-state index contributed by atoms with van der Waals surface area (Å²) < 4.78 is 0. The molecule has 2 heterocycles. The number of primary amides is 1. The quantitative estimate of drug-likeness (QED) is 0.691. The average Bonchev–Trinajstić information content (AvgIpc) is 3.09. The van der Waals surface area contributed by atoms with Gasteiger partial charge in [-0.3, -0.25) is 4.79 Å². The number of benzene rings is 1. The van der Waals surface area contributed by atoms with Gasteiger partial charge < -0.3 is 21.4 Å². The zero-order chi connectivity index (χ0) is 14.8. The molecule has 5 N–H and O–H groups in total. The standard InChI is InChI=1S/C16H20N4O/c1-10-13(16(17)21)8-15(19-10)12-4-2-3-5-14(12)20-11-6-7-18-9-11/h2-5,8,11,18-20H,6-7,9H2,1H3,(H2,17,21). The van der Waals surface area contributed by atoms with E-state index < -0.39 is 5.91 Å². The molecule has 1 aliphatic rings. The third-order valence-electron chi connectivity index (χ3n) is 3.92. The fourth-order valence-electron chi connectivity index (χ4n) is 2.80. The number of aromatic nitrogens is 1. The largest absolute Gasteiger partial charge is 0.380 e. The molecule has 1 saturated heterocycles. The number of H-pyrrole nitrogens is 1. The lowest BCUT2D eigenvalue weighted by Gasteiger charge is -2.16. The molecule has 1 aliphatic heterocycles. The summed E-state index contributed by atoms with van der Waals surface area (Å²) >= 11 is 0. The van der Waals surface area contributed by atoms with Crippen molar-refractivity contribution in [3.8, 4) is 11.3 Å². The van der Waals surface area contributed by atoms with Crippen LogP contribution in [0.3, 0.4) is 0 Å². The molecule has 1 fully saturated rings. The van der Waals surface area contributed by atoms with Gasteiger partial charge in [0.1, 0.15) is 0 Å². The van der Waals surface area contributed by atoms with Crippen LogP contribution in [0, 0.1) is 6.92 Å². The molecule has 2 aromatic rings. The van der Waals surface area contributed by atoms with Gasteiger partial charge in [-0.15, -0.1) is 0 Å². The summed E-state index contributed by atoms with van der Waals surface area (Å²) in [5, 5.41) is 6.92. The van der Waals surface area contributed by atoms with Gasteiger partial charge in [0.15, 0.2) is 0 Å². The van der Waals surface area contributed by atoms with Gasteiger partial charge in [-0.1, -0.05) is 18.2 Å². The molecule has 0 bridgehead atoms. The van der Waals surface area contributed by atoms with Gasteiger partial charge >= 0.3 is 0 Å². The van der Waals surface area contributed by atoms with Gasteiger partial charge in [0.2, 0.25) is 0 Å². The van der Waals surface area contributed by atoms with Crippen molar-refractivity contribution in [2.45, 2.75) is 19.4 Å². The van der Waals surface area contributed by atoms with Gasteiger partial charge in [0.25, 0.3) is 5.91 Å². The first-order valence-corrected chi connectivity index (χ1v) is 7.21. The number of aromatic amines is 1. The third kappa shape index (κ3) is 2.78. The SMILES string of the molecule is Cc1[nH]c(-c2ccccc2NC2CCNC2)cc1C(N)=O. The molecule has 5 heteroatoms. The van der Waals surface area contributed by atoms with Crippen LogP contribution in [0.4, 0.5) is 5.69 Å². The summed E-state index contributed by atoms with van der Waals surface area (Å²) in [5.74, 6) is -0.402. The Kier molecular flexibility index (Phi) is 3.66. The zero-order valence-electron chi connectivity index (χ0n) is 12.1. The first kappa shape index (κ1) is 13.7. The fourth-order valence-corrected chi connectivity index (χ4v) is 2.80. The highest BCUT2D eigenvalue weighted by atomic mass is 16.1. The monoisotopic (exact) mass is 284 g/mol. The topological polar surface area (TPSA) is 82.9 Å². The van der Waals surface area contributed by atoms with Gasteiger partial charge in [0.05, 0.1) is 5.56 Å². The maximum atomic E-state index is 11.4. The number of carbonyl (C=O) groups is 1. The maximum Gasteiger partial charge on any atom is 0.250 e. The molecule has 1 aromatic carbocycles. The summed E-state index contributed by atoms with van der Waals surface area (Å²) in [6.45, 7) is 3.89. The molecular formula is C16H20N4O. The van der Waals surface area contributed by atoms with E-state index in [4.69, 9.17) is 5.73 Å². The number of nitrogens with one attached hydrogen (secondary N) is 3. The van der Waals surface area contributed by atoms with E-state index >= 15 is 0 Å². The number of nitrogens with two attached hydrogens (primary N) is 1. The fraction of sp³-hybridized carbons (Fsp3) is 0.312. The van der Waals surface area contributed by atoms with Crippen LogP contribution in [-0.2, 0) is 0 Å². The second-order valence-electron chi connectivity index (χ2n) is 5.47. The Hall–Kier alpha value is -2.27. The van der Waals surface area contributed by atoms with Crippen LogP contribution < -0.4 is 16.4 Å². The molecule has 21 heavy (non-hydrogen) atoms. The predicted molar refractivity (Wildman–Crippen MR) is 84.4 cm³/mol. The van der Waals surface area contributed by atoms with Crippen molar-refractivity contribution in [3.05, 3.63) is 41.6 Å². The van der Waals surface area contributed by atoms with Crippen LogP contribution in [-0.4, -0.2) is 30.0 Å². The van der Waals surface area contributed by atoms with Crippen LogP contribution in [0.5, 0.6) is 0 Å². The van der Waals surface area contributed by atoms with Crippen molar-refractivity contribution >= 4 is 11.6 Å². The molecule has 0 aliphatic carbocycles. The molecule has 110 valence electrons. The van der Waals surface area contributed by atoms with E-state index in [2.05, 4.69) is 21.7 Å². The Balaban J connectivity index is 1.94. The summed E-state index contributed by atoms with van der Waals surface area (Å²) in [7, 11) is 0. The molecule has 1 aromatic heterocycles. The van der Waals surface area contributed by atoms with Crippen LogP contribution in [0.15, 0.2) is 30.3 Å². The Morgan fingerprint density at radius 2 is 2.19 bits per heavy atom. The molecule has 3 rings (SSSR count). The summed E-state index contributed by atoms with van der Waals surface area (Å²) in [5.41, 5.74) is 9.78. The lowest BCUT2D eigenvalue weighted by atomic mass is 10.1. The lowest BCUT2D eigenvalue weighted by Crippen LogP contribution is -2.22. The Morgan fingerprint density at radius 3 is 2.86 bits per heavy atom. The Morgan fingerprint density at radius 1 is 1.38 bits per heavy atom. The van der Waals surface area contributed by atoms with Gasteiger partial charge in [-0.05, 0) is 32.0 Å². The van der Waals surface area contributed by atoms with Crippen LogP contribution in [0.25, 0.3) is 11.3 Å². The molecule has 0 radical (unpaired) electrons. The van der Waals surface area contributed by atoms with Crippen molar-refractivity contribution in [1.82, 2.24) is 10.3 Å². The number of para-hydroxylation sites is 1. The normalized spacial score (nSPS) is 17.9. The minimum Gasteiger partial charge on any atom is -0.380 e. The van der Waals surface area contributed by atoms with Crippen LogP contribution in [0.2, 0.25) is 0 Å². The van der Waals surface area contributed by atoms with Crippen molar-refractivity contribution in [1.29, 1.82) is 0 Å². The second kappa shape index (κ2) is 5.61. The number of rotatable bonds is 4.